The van der Waals surface area contributed by atoms with Gasteiger partial charge in [-0.1, -0.05) is 12.1 Å². The zero-order valence-electron chi connectivity index (χ0n) is 18.8. The van der Waals surface area contributed by atoms with Gasteiger partial charge in [0.1, 0.15) is 18.5 Å². The summed E-state index contributed by atoms with van der Waals surface area (Å²) in [7, 11) is 0. The molecule has 2 aliphatic rings. The smallest absolute Gasteiger partial charge is 0.316 e. The van der Waals surface area contributed by atoms with Crippen LogP contribution in [-0.4, -0.2) is 52.8 Å². The number of hydrogen-bond acceptors (Lipinski definition) is 7. The van der Waals surface area contributed by atoms with Crippen molar-refractivity contribution >= 4 is 5.91 Å². The third kappa shape index (κ3) is 4.84. The van der Waals surface area contributed by atoms with Crippen LogP contribution in [0.15, 0.2) is 42.9 Å². The summed E-state index contributed by atoms with van der Waals surface area (Å²) in [6, 6.07) is 7.49. The summed E-state index contributed by atoms with van der Waals surface area (Å²) < 4.78 is 30.7. The third-order valence-corrected chi connectivity index (χ3v) is 5.97. The van der Waals surface area contributed by atoms with Crippen molar-refractivity contribution in [1.29, 1.82) is 0 Å². The fourth-order valence-corrected chi connectivity index (χ4v) is 4.19. The lowest BCUT2D eigenvalue weighted by atomic mass is 9.93. The molecule has 2 aliphatic heterocycles. The number of halogens is 1. The van der Waals surface area contributed by atoms with Gasteiger partial charge in [-0.3, -0.25) is 4.79 Å². The molecule has 8 nitrogen and oxygen atoms in total. The Balaban J connectivity index is 1.26. The molecule has 1 unspecified atom stereocenters. The predicted molar refractivity (Wildman–Crippen MR) is 121 cm³/mol. The molecule has 0 spiro atoms. The van der Waals surface area contributed by atoms with Crippen LogP contribution in [0.1, 0.15) is 34.3 Å². The number of nitrogens with zero attached hydrogens (tertiary/aromatic N) is 3. The molecule has 1 aromatic carbocycles. The molecule has 4 heterocycles. The van der Waals surface area contributed by atoms with Crippen molar-refractivity contribution in [1.82, 2.24) is 20.3 Å². The van der Waals surface area contributed by atoms with E-state index >= 15 is 0 Å². The molecule has 1 saturated heterocycles. The van der Waals surface area contributed by atoms with Gasteiger partial charge >= 0.3 is 6.01 Å². The first-order valence-corrected chi connectivity index (χ1v) is 11.3. The molecule has 0 aliphatic carbocycles. The number of aromatic nitrogens is 3. The van der Waals surface area contributed by atoms with Crippen molar-refractivity contribution < 1.29 is 23.4 Å². The molecular formula is C25H25FN4O4. The molecule has 9 heteroatoms. The quantitative estimate of drug-likeness (QED) is 0.579. The summed E-state index contributed by atoms with van der Waals surface area (Å²) in [5.74, 6) is -0.0245. The van der Waals surface area contributed by atoms with Crippen LogP contribution in [0.25, 0.3) is 11.1 Å². The van der Waals surface area contributed by atoms with Crippen LogP contribution in [0.3, 0.4) is 0 Å². The average Bonchev–Trinajstić information content (AvgIpc) is 2.86. The lowest BCUT2D eigenvalue weighted by molar-refractivity contribution is 0.00334. The Kier molecular flexibility index (Phi) is 6.35. The first-order valence-electron chi connectivity index (χ1n) is 11.3. The summed E-state index contributed by atoms with van der Waals surface area (Å²) in [5, 5.41) is 3.00. The van der Waals surface area contributed by atoms with Gasteiger partial charge in [-0.15, -0.1) is 0 Å². The second-order valence-corrected chi connectivity index (χ2v) is 8.51. The second-order valence-electron chi connectivity index (χ2n) is 8.51. The van der Waals surface area contributed by atoms with Crippen LogP contribution in [-0.2, 0) is 11.2 Å². The predicted octanol–water partition coefficient (Wildman–Crippen LogP) is 3.28. The zero-order chi connectivity index (χ0) is 23.5. The average molecular weight is 464 g/mol. The van der Waals surface area contributed by atoms with Crippen LogP contribution in [0.4, 0.5) is 4.39 Å². The number of rotatable bonds is 5. The van der Waals surface area contributed by atoms with Crippen LogP contribution in [0.5, 0.6) is 11.8 Å². The van der Waals surface area contributed by atoms with Gasteiger partial charge in [0, 0.05) is 48.3 Å². The van der Waals surface area contributed by atoms with Crippen LogP contribution in [0.2, 0.25) is 0 Å². The van der Waals surface area contributed by atoms with Gasteiger partial charge in [-0.25, -0.2) is 15.0 Å². The Hall–Kier alpha value is -3.59. The minimum absolute atomic E-state index is 0.0674. The van der Waals surface area contributed by atoms with Gasteiger partial charge in [-0.2, -0.15) is 4.39 Å². The van der Waals surface area contributed by atoms with E-state index in [-0.39, 0.29) is 24.1 Å². The second kappa shape index (κ2) is 9.72. The summed E-state index contributed by atoms with van der Waals surface area (Å²) in [6.07, 6.45) is 6.76. The summed E-state index contributed by atoms with van der Waals surface area (Å²) >= 11 is 0. The number of carbonyl (C=O) groups excluding carboxylic acids is 1. The Morgan fingerprint density at radius 3 is 2.79 bits per heavy atom. The lowest BCUT2D eigenvalue weighted by Crippen LogP contribution is -2.43. The molecule has 1 N–H and O–H groups in total. The maximum atomic E-state index is 13.7. The number of carbonyl (C=O) groups is 1. The number of pyridine rings is 1. The Morgan fingerprint density at radius 1 is 1.18 bits per heavy atom. The molecule has 1 amide bonds. The number of nitrogens with one attached hydrogen (secondary N) is 1. The number of benzene rings is 1. The fraction of sp³-hybridized carbons (Fsp3) is 0.360. The van der Waals surface area contributed by atoms with Gasteiger partial charge in [0.2, 0.25) is 5.95 Å². The number of ether oxygens (including phenoxy) is 3. The van der Waals surface area contributed by atoms with Gasteiger partial charge in [0.25, 0.3) is 5.91 Å². The molecule has 0 bridgehead atoms. The Morgan fingerprint density at radius 2 is 2.03 bits per heavy atom. The van der Waals surface area contributed by atoms with E-state index in [2.05, 4.69) is 20.3 Å². The van der Waals surface area contributed by atoms with E-state index in [0.29, 0.717) is 30.8 Å². The Labute approximate surface area is 196 Å². The third-order valence-electron chi connectivity index (χ3n) is 5.97. The molecule has 2 atom stereocenters. The van der Waals surface area contributed by atoms with Gasteiger partial charge < -0.3 is 19.5 Å². The lowest BCUT2D eigenvalue weighted by Gasteiger charge is -2.28. The largest absolute Gasteiger partial charge is 0.491 e. The summed E-state index contributed by atoms with van der Waals surface area (Å²) in [5.41, 5.74) is 3.47. The minimum atomic E-state index is -0.486. The van der Waals surface area contributed by atoms with E-state index in [1.807, 2.05) is 18.2 Å². The van der Waals surface area contributed by atoms with E-state index in [9.17, 15) is 9.18 Å². The Bertz CT molecular complexity index is 1180. The van der Waals surface area contributed by atoms with E-state index in [0.717, 1.165) is 41.9 Å². The fourth-order valence-electron chi connectivity index (χ4n) is 4.19. The maximum Gasteiger partial charge on any atom is 0.316 e. The summed E-state index contributed by atoms with van der Waals surface area (Å²) in [6.45, 7) is 3.29. The number of fused-ring (bicyclic) bond motifs is 1. The minimum Gasteiger partial charge on any atom is -0.491 e. The molecule has 0 radical (unpaired) electrons. The first kappa shape index (κ1) is 22.2. The highest BCUT2D eigenvalue weighted by molar-refractivity contribution is 5.93. The molecule has 2 aromatic heterocycles. The molecule has 3 aromatic rings. The van der Waals surface area contributed by atoms with Gasteiger partial charge in [0.05, 0.1) is 18.2 Å². The van der Waals surface area contributed by atoms with Crippen molar-refractivity contribution in [3.63, 3.8) is 0 Å². The molecule has 1 fully saturated rings. The summed E-state index contributed by atoms with van der Waals surface area (Å²) in [4.78, 5) is 25.0. The van der Waals surface area contributed by atoms with Gasteiger partial charge in [-0.05, 0) is 37.5 Å². The normalized spacial score (nSPS) is 19.6. The topological polar surface area (TPSA) is 95.5 Å². The van der Waals surface area contributed by atoms with Crippen molar-refractivity contribution in [2.45, 2.75) is 38.3 Å². The van der Waals surface area contributed by atoms with Crippen molar-refractivity contribution in [2.75, 3.05) is 19.8 Å². The van der Waals surface area contributed by atoms with Crippen LogP contribution < -0.4 is 14.8 Å². The van der Waals surface area contributed by atoms with Crippen molar-refractivity contribution in [3.05, 3.63) is 65.5 Å². The SMILES string of the molecule is Cc1cc(-c2cccc3c2C[C@H](NC(=O)c2cnc(OC4CCCOC4)nc2)CO3)cnc1F. The van der Waals surface area contributed by atoms with Gasteiger partial charge in [0.15, 0.2) is 0 Å². The molecule has 5 rings (SSSR count). The molecule has 176 valence electrons. The van der Waals surface area contributed by atoms with E-state index in [4.69, 9.17) is 14.2 Å². The van der Waals surface area contributed by atoms with Crippen LogP contribution in [0, 0.1) is 12.9 Å². The van der Waals surface area contributed by atoms with E-state index < -0.39 is 5.95 Å². The molecule has 34 heavy (non-hydrogen) atoms. The highest BCUT2D eigenvalue weighted by Crippen LogP contribution is 2.34. The standard InChI is InChI=1S/C25H25FN4O4/c1-15-8-16(10-27-23(15)26)20-5-2-6-22-21(20)9-18(13-33-22)30-24(31)17-11-28-25(29-12-17)34-19-4-3-7-32-14-19/h2,5-6,8,10-12,18-19H,3-4,7,9,13-14H2,1H3,(H,30,31)/t18-,19?/m0/s1. The maximum absolute atomic E-state index is 13.7. The first-order chi connectivity index (χ1) is 16.6. The zero-order valence-corrected chi connectivity index (χ0v) is 18.8. The highest BCUT2D eigenvalue weighted by atomic mass is 19.1. The molecular weight excluding hydrogens is 439 g/mol. The molecule has 0 saturated carbocycles. The monoisotopic (exact) mass is 464 g/mol. The number of amides is 1. The van der Waals surface area contributed by atoms with E-state index in [1.165, 1.54) is 18.6 Å². The highest BCUT2D eigenvalue weighted by Gasteiger charge is 2.25. The van der Waals surface area contributed by atoms with E-state index in [1.54, 1.807) is 13.0 Å². The van der Waals surface area contributed by atoms with Crippen molar-refractivity contribution in [2.24, 2.45) is 0 Å². The van der Waals surface area contributed by atoms with Crippen LogP contribution >= 0.6 is 0 Å². The number of aryl methyl sites for hydroxylation is 1. The number of hydrogen-bond donors (Lipinski definition) is 1. The van der Waals surface area contributed by atoms with Crippen molar-refractivity contribution in [3.8, 4) is 22.9 Å².